The van der Waals surface area contributed by atoms with E-state index in [1.807, 2.05) is 22.8 Å². The highest BCUT2D eigenvalue weighted by atomic mass is 32.2. The highest BCUT2D eigenvalue weighted by Crippen LogP contribution is 2.21. The van der Waals surface area contributed by atoms with Crippen LogP contribution >= 0.6 is 0 Å². The summed E-state index contributed by atoms with van der Waals surface area (Å²) in [5.74, 6) is 0.480. The van der Waals surface area contributed by atoms with Crippen molar-refractivity contribution in [1.29, 1.82) is 0 Å². The molecule has 1 aliphatic heterocycles. The van der Waals surface area contributed by atoms with E-state index in [1.54, 1.807) is 29.6 Å². The van der Waals surface area contributed by atoms with Gasteiger partial charge in [-0.05, 0) is 12.1 Å². The number of para-hydroxylation sites is 1. The maximum atomic E-state index is 12.5. The standard InChI is InChI=1S/C16H20N4O4S/c1-25(22,23)18-8-14-10-19(9-13-7-17-12-20(13)14)16(21)11-24-15-5-3-2-4-6-15/h2-7,12,14,18H,8-11H2,1H3/t14-/m1/s1. The molecule has 1 atom stereocenters. The van der Waals surface area contributed by atoms with Gasteiger partial charge in [-0.15, -0.1) is 0 Å². The summed E-state index contributed by atoms with van der Waals surface area (Å²) in [6.07, 6.45) is 4.46. The van der Waals surface area contributed by atoms with Crippen molar-refractivity contribution in [3.63, 3.8) is 0 Å². The first-order chi connectivity index (χ1) is 11.9. The molecule has 8 nitrogen and oxygen atoms in total. The number of rotatable bonds is 6. The molecule has 134 valence electrons. The van der Waals surface area contributed by atoms with Crippen LogP contribution in [0.3, 0.4) is 0 Å². The third-order valence-electron chi connectivity index (χ3n) is 3.96. The molecule has 25 heavy (non-hydrogen) atoms. The van der Waals surface area contributed by atoms with Crippen molar-refractivity contribution in [3.05, 3.63) is 48.5 Å². The van der Waals surface area contributed by atoms with Gasteiger partial charge in [-0.1, -0.05) is 18.2 Å². The van der Waals surface area contributed by atoms with Crippen LogP contribution in [-0.2, 0) is 21.4 Å². The number of nitrogens with one attached hydrogen (secondary N) is 1. The average molecular weight is 364 g/mol. The second-order valence-corrected chi connectivity index (χ2v) is 7.78. The highest BCUT2D eigenvalue weighted by molar-refractivity contribution is 7.88. The summed E-state index contributed by atoms with van der Waals surface area (Å²) in [6, 6.07) is 8.93. The first kappa shape index (κ1) is 17.4. The van der Waals surface area contributed by atoms with Crippen molar-refractivity contribution in [1.82, 2.24) is 19.2 Å². The molecule has 0 saturated carbocycles. The lowest BCUT2D eigenvalue weighted by atomic mass is 10.2. The number of imidazole rings is 1. The fourth-order valence-corrected chi connectivity index (χ4v) is 3.23. The van der Waals surface area contributed by atoms with E-state index in [4.69, 9.17) is 4.74 Å². The van der Waals surface area contributed by atoms with Gasteiger partial charge in [0.2, 0.25) is 10.0 Å². The summed E-state index contributed by atoms with van der Waals surface area (Å²) in [4.78, 5) is 18.2. The van der Waals surface area contributed by atoms with Gasteiger partial charge >= 0.3 is 0 Å². The molecule has 0 fully saturated rings. The Morgan fingerprint density at radius 2 is 2.12 bits per heavy atom. The van der Waals surface area contributed by atoms with Gasteiger partial charge in [0.05, 0.1) is 30.9 Å². The minimum atomic E-state index is -3.30. The second-order valence-electron chi connectivity index (χ2n) is 5.94. The Hall–Kier alpha value is -2.39. The lowest BCUT2D eigenvalue weighted by Gasteiger charge is -2.34. The van der Waals surface area contributed by atoms with Crippen LogP contribution in [-0.4, -0.2) is 54.7 Å². The molecule has 9 heteroatoms. The summed E-state index contributed by atoms with van der Waals surface area (Å²) in [7, 11) is -3.30. The molecule has 0 radical (unpaired) electrons. The van der Waals surface area contributed by atoms with E-state index >= 15 is 0 Å². The Bertz CT molecular complexity index is 835. The van der Waals surface area contributed by atoms with Crippen molar-refractivity contribution in [3.8, 4) is 5.75 Å². The van der Waals surface area contributed by atoms with Crippen molar-refractivity contribution < 1.29 is 17.9 Å². The van der Waals surface area contributed by atoms with Crippen LogP contribution in [0.5, 0.6) is 5.75 Å². The van der Waals surface area contributed by atoms with Crippen molar-refractivity contribution >= 4 is 15.9 Å². The molecule has 2 aromatic rings. The molecule has 0 aliphatic carbocycles. The summed E-state index contributed by atoms with van der Waals surface area (Å²) in [5.41, 5.74) is 0.861. The summed E-state index contributed by atoms with van der Waals surface area (Å²) >= 11 is 0. The SMILES string of the molecule is CS(=O)(=O)NC[C@@H]1CN(C(=O)COc2ccccc2)Cc2cncn21. The van der Waals surface area contributed by atoms with E-state index in [-0.39, 0.29) is 25.1 Å². The van der Waals surface area contributed by atoms with Gasteiger partial charge in [0.15, 0.2) is 6.61 Å². The molecular formula is C16H20N4O4S. The quantitative estimate of drug-likeness (QED) is 0.801. The topological polar surface area (TPSA) is 93.5 Å². The predicted molar refractivity (Wildman–Crippen MR) is 91.5 cm³/mol. The first-order valence-corrected chi connectivity index (χ1v) is 9.72. The van der Waals surface area contributed by atoms with Gasteiger partial charge < -0.3 is 14.2 Å². The van der Waals surface area contributed by atoms with Crippen LogP contribution in [0.25, 0.3) is 0 Å². The molecule has 1 N–H and O–H groups in total. The molecule has 2 heterocycles. The zero-order valence-electron chi connectivity index (χ0n) is 13.8. The number of carbonyl (C=O) groups excluding carboxylic acids is 1. The number of aromatic nitrogens is 2. The van der Waals surface area contributed by atoms with Crippen LogP contribution in [0.1, 0.15) is 11.7 Å². The number of carbonyl (C=O) groups is 1. The zero-order chi connectivity index (χ0) is 17.9. The normalized spacial score (nSPS) is 17.2. The van der Waals surface area contributed by atoms with E-state index in [0.29, 0.717) is 18.8 Å². The smallest absolute Gasteiger partial charge is 0.260 e. The summed E-state index contributed by atoms with van der Waals surface area (Å²) < 4.78 is 32.6. The van der Waals surface area contributed by atoms with Gasteiger partial charge in [0.1, 0.15) is 5.75 Å². The average Bonchev–Trinajstić information content (AvgIpc) is 3.06. The van der Waals surface area contributed by atoms with E-state index in [2.05, 4.69) is 9.71 Å². The number of sulfonamides is 1. The maximum absolute atomic E-state index is 12.5. The van der Waals surface area contributed by atoms with Crippen LogP contribution in [0.4, 0.5) is 0 Å². The fourth-order valence-electron chi connectivity index (χ4n) is 2.74. The van der Waals surface area contributed by atoms with Gasteiger partial charge in [0.25, 0.3) is 5.91 Å². The predicted octanol–water partition coefficient (Wildman–Crippen LogP) is 0.395. The van der Waals surface area contributed by atoms with Gasteiger partial charge in [0, 0.05) is 19.3 Å². The van der Waals surface area contributed by atoms with Crippen molar-refractivity contribution in [2.24, 2.45) is 0 Å². The van der Waals surface area contributed by atoms with Gasteiger partial charge in [-0.2, -0.15) is 0 Å². The number of hydrogen-bond acceptors (Lipinski definition) is 5. The minimum absolute atomic E-state index is 0.0651. The molecule has 0 saturated heterocycles. The summed E-state index contributed by atoms with van der Waals surface area (Å²) in [5, 5.41) is 0. The zero-order valence-corrected chi connectivity index (χ0v) is 14.6. The molecular weight excluding hydrogens is 344 g/mol. The lowest BCUT2D eigenvalue weighted by molar-refractivity contribution is -0.135. The number of ether oxygens (including phenoxy) is 1. The Kier molecular flexibility index (Phi) is 5.05. The number of amides is 1. The monoisotopic (exact) mass is 364 g/mol. The number of benzene rings is 1. The van der Waals surface area contributed by atoms with Crippen LogP contribution < -0.4 is 9.46 Å². The Labute approximate surface area is 146 Å². The molecule has 0 spiro atoms. The van der Waals surface area contributed by atoms with E-state index in [1.165, 1.54) is 0 Å². The van der Waals surface area contributed by atoms with Gasteiger partial charge in [-0.25, -0.2) is 18.1 Å². The number of hydrogen-bond donors (Lipinski definition) is 1. The molecule has 0 bridgehead atoms. The molecule has 0 unspecified atom stereocenters. The number of nitrogens with zero attached hydrogens (tertiary/aromatic N) is 3. The summed E-state index contributed by atoms with van der Waals surface area (Å²) in [6.45, 7) is 0.950. The third-order valence-corrected chi connectivity index (χ3v) is 4.65. The largest absolute Gasteiger partial charge is 0.484 e. The minimum Gasteiger partial charge on any atom is -0.484 e. The Balaban J connectivity index is 1.65. The molecule has 1 aromatic heterocycles. The molecule has 1 aliphatic rings. The van der Waals surface area contributed by atoms with Gasteiger partial charge in [-0.3, -0.25) is 4.79 Å². The number of fused-ring (bicyclic) bond motifs is 1. The van der Waals surface area contributed by atoms with Crippen LogP contribution in [0.15, 0.2) is 42.9 Å². The maximum Gasteiger partial charge on any atom is 0.260 e. The van der Waals surface area contributed by atoms with Crippen LogP contribution in [0, 0.1) is 0 Å². The van der Waals surface area contributed by atoms with E-state index < -0.39 is 10.0 Å². The Morgan fingerprint density at radius 3 is 2.84 bits per heavy atom. The van der Waals surface area contributed by atoms with E-state index in [0.717, 1.165) is 11.9 Å². The van der Waals surface area contributed by atoms with Crippen molar-refractivity contribution in [2.45, 2.75) is 12.6 Å². The lowest BCUT2D eigenvalue weighted by Crippen LogP contribution is -2.46. The Morgan fingerprint density at radius 1 is 1.36 bits per heavy atom. The second kappa shape index (κ2) is 7.24. The molecule has 1 amide bonds. The van der Waals surface area contributed by atoms with Crippen molar-refractivity contribution in [2.75, 3.05) is 26.0 Å². The van der Waals surface area contributed by atoms with Crippen LogP contribution in [0.2, 0.25) is 0 Å². The van der Waals surface area contributed by atoms with E-state index in [9.17, 15) is 13.2 Å². The first-order valence-electron chi connectivity index (χ1n) is 7.83. The highest BCUT2D eigenvalue weighted by Gasteiger charge is 2.28. The third kappa shape index (κ3) is 4.58. The fraction of sp³-hybridized carbons (Fsp3) is 0.375. The molecule has 3 rings (SSSR count). The molecule has 1 aromatic carbocycles.